The van der Waals surface area contributed by atoms with E-state index >= 15 is 0 Å². The fourth-order valence-corrected chi connectivity index (χ4v) is 4.41. The van der Waals surface area contributed by atoms with Gasteiger partial charge in [0, 0.05) is 44.2 Å². The lowest BCUT2D eigenvalue weighted by atomic mass is 9.97. The number of fused-ring (bicyclic) bond motifs is 1. The number of hydrogen-bond acceptors (Lipinski definition) is 4. The molecule has 1 amide bonds. The molecule has 0 spiro atoms. The highest BCUT2D eigenvalue weighted by atomic mass is 32.1. The molecule has 23 heavy (non-hydrogen) atoms. The van der Waals surface area contributed by atoms with E-state index in [4.69, 9.17) is 0 Å². The second-order valence-corrected chi connectivity index (χ2v) is 7.19. The second-order valence-electron chi connectivity index (χ2n) is 6.32. The number of amides is 1. The predicted molar refractivity (Wildman–Crippen MR) is 93.0 cm³/mol. The number of hydrogen-bond donors (Lipinski definition) is 0. The van der Waals surface area contributed by atoms with Crippen LogP contribution in [0.4, 0.5) is 5.13 Å². The Kier molecular flexibility index (Phi) is 4.04. The van der Waals surface area contributed by atoms with Gasteiger partial charge in [-0.15, -0.1) is 11.3 Å². The van der Waals surface area contributed by atoms with Crippen LogP contribution < -0.4 is 4.90 Å². The van der Waals surface area contributed by atoms with Gasteiger partial charge >= 0.3 is 0 Å². The lowest BCUT2D eigenvalue weighted by Crippen LogP contribution is -2.49. The van der Waals surface area contributed by atoms with Crippen molar-refractivity contribution in [2.45, 2.75) is 25.2 Å². The topological polar surface area (TPSA) is 36.4 Å². The van der Waals surface area contributed by atoms with Crippen LogP contribution in [0.1, 0.15) is 29.9 Å². The van der Waals surface area contributed by atoms with Crippen LogP contribution in [0.5, 0.6) is 0 Å². The highest BCUT2D eigenvalue weighted by molar-refractivity contribution is 7.13. The van der Waals surface area contributed by atoms with Crippen LogP contribution in [-0.2, 0) is 11.2 Å². The second kappa shape index (κ2) is 6.32. The molecule has 1 aromatic carbocycles. The normalized spacial score (nSPS) is 20.6. The quantitative estimate of drug-likeness (QED) is 0.870. The van der Waals surface area contributed by atoms with Gasteiger partial charge < -0.3 is 9.80 Å². The molecule has 1 aliphatic heterocycles. The highest BCUT2D eigenvalue weighted by Crippen LogP contribution is 2.35. The number of benzene rings is 1. The van der Waals surface area contributed by atoms with E-state index in [1.165, 1.54) is 11.1 Å². The Morgan fingerprint density at radius 3 is 2.83 bits per heavy atom. The van der Waals surface area contributed by atoms with E-state index < -0.39 is 0 Å². The van der Waals surface area contributed by atoms with Gasteiger partial charge in [0.25, 0.3) is 0 Å². The summed E-state index contributed by atoms with van der Waals surface area (Å²) in [6, 6.07) is 8.59. The summed E-state index contributed by atoms with van der Waals surface area (Å²) in [6.45, 7) is 3.40. The SMILES string of the molecule is O=C(CC1CCc2ccccc21)N1CCN(c2nccs2)CC1. The first-order valence-electron chi connectivity index (χ1n) is 8.31. The minimum Gasteiger partial charge on any atom is -0.345 e. The lowest BCUT2D eigenvalue weighted by molar-refractivity contribution is -0.131. The molecule has 2 aromatic rings. The van der Waals surface area contributed by atoms with Crippen molar-refractivity contribution in [3.05, 3.63) is 47.0 Å². The van der Waals surface area contributed by atoms with Crippen molar-refractivity contribution in [3.63, 3.8) is 0 Å². The molecule has 1 aliphatic carbocycles. The van der Waals surface area contributed by atoms with E-state index in [-0.39, 0.29) is 0 Å². The zero-order chi connectivity index (χ0) is 15.6. The molecular weight excluding hydrogens is 306 g/mol. The van der Waals surface area contributed by atoms with E-state index in [0.717, 1.165) is 44.2 Å². The summed E-state index contributed by atoms with van der Waals surface area (Å²) in [5.74, 6) is 0.723. The summed E-state index contributed by atoms with van der Waals surface area (Å²) in [6.07, 6.45) is 4.74. The summed E-state index contributed by atoms with van der Waals surface area (Å²) in [5.41, 5.74) is 2.82. The van der Waals surface area contributed by atoms with Crippen LogP contribution in [0.3, 0.4) is 0 Å². The third-order valence-corrected chi connectivity index (χ3v) is 5.83. The number of carbonyl (C=O) groups is 1. The van der Waals surface area contributed by atoms with Crippen molar-refractivity contribution in [1.82, 2.24) is 9.88 Å². The van der Waals surface area contributed by atoms with Gasteiger partial charge in [0.15, 0.2) is 5.13 Å². The molecule has 1 atom stereocenters. The summed E-state index contributed by atoms with van der Waals surface area (Å²) in [5, 5.41) is 3.08. The number of anilines is 1. The minimum atomic E-state index is 0.311. The monoisotopic (exact) mass is 327 g/mol. The molecule has 120 valence electrons. The molecule has 0 N–H and O–H groups in total. The Labute approximate surface area is 140 Å². The van der Waals surface area contributed by atoms with Gasteiger partial charge in [-0.3, -0.25) is 4.79 Å². The van der Waals surface area contributed by atoms with E-state index in [0.29, 0.717) is 18.2 Å². The Hall–Kier alpha value is -1.88. The molecule has 1 unspecified atom stereocenters. The summed E-state index contributed by atoms with van der Waals surface area (Å²) < 4.78 is 0. The first-order valence-corrected chi connectivity index (χ1v) is 9.19. The molecule has 1 aromatic heterocycles. The Morgan fingerprint density at radius 2 is 2.04 bits per heavy atom. The van der Waals surface area contributed by atoms with E-state index in [9.17, 15) is 4.79 Å². The first-order chi connectivity index (χ1) is 11.3. The fourth-order valence-electron chi connectivity index (χ4n) is 3.72. The van der Waals surface area contributed by atoms with Crippen LogP contribution >= 0.6 is 11.3 Å². The van der Waals surface area contributed by atoms with Crippen LogP contribution in [0.25, 0.3) is 0 Å². The molecule has 2 heterocycles. The Balaban J connectivity index is 1.34. The van der Waals surface area contributed by atoms with Gasteiger partial charge in [-0.05, 0) is 29.9 Å². The van der Waals surface area contributed by atoms with Gasteiger partial charge in [0.2, 0.25) is 5.91 Å². The van der Waals surface area contributed by atoms with Crippen LogP contribution in [-0.4, -0.2) is 42.0 Å². The van der Waals surface area contributed by atoms with Gasteiger partial charge in [-0.2, -0.15) is 0 Å². The Bertz CT molecular complexity index is 677. The maximum absolute atomic E-state index is 12.7. The molecule has 1 fully saturated rings. The number of nitrogens with zero attached hydrogens (tertiary/aromatic N) is 3. The van der Waals surface area contributed by atoms with Crippen molar-refractivity contribution in [3.8, 4) is 0 Å². The molecule has 5 heteroatoms. The maximum atomic E-state index is 12.7. The van der Waals surface area contributed by atoms with Crippen molar-refractivity contribution >= 4 is 22.4 Å². The summed E-state index contributed by atoms with van der Waals surface area (Å²) in [7, 11) is 0. The molecule has 0 bridgehead atoms. The number of carbonyl (C=O) groups excluding carboxylic acids is 1. The molecule has 4 nitrogen and oxygen atoms in total. The molecule has 0 radical (unpaired) electrons. The Morgan fingerprint density at radius 1 is 1.22 bits per heavy atom. The number of aromatic nitrogens is 1. The van der Waals surface area contributed by atoms with Crippen LogP contribution in [0.2, 0.25) is 0 Å². The fraction of sp³-hybridized carbons (Fsp3) is 0.444. The van der Waals surface area contributed by atoms with E-state index in [1.807, 2.05) is 16.5 Å². The zero-order valence-electron chi connectivity index (χ0n) is 13.1. The molecule has 4 rings (SSSR count). The van der Waals surface area contributed by atoms with Crippen molar-refractivity contribution in [2.75, 3.05) is 31.1 Å². The van der Waals surface area contributed by atoms with Crippen molar-refractivity contribution in [1.29, 1.82) is 0 Å². The number of thiazole rings is 1. The van der Waals surface area contributed by atoms with Gasteiger partial charge in [-0.1, -0.05) is 24.3 Å². The highest BCUT2D eigenvalue weighted by Gasteiger charge is 2.28. The van der Waals surface area contributed by atoms with Gasteiger partial charge in [0.1, 0.15) is 0 Å². The summed E-state index contributed by atoms with van der Waals surface area (Å²) >= 11 is 1.67. The third kappa shape index (κ3) is 2.98. The van der Waals surface area contributed by atoms with Crippen molar-refractivity contribution < 1.29 is 4.79 Å². The minimum absolute atomic E-state index is 0.311. The third-order valence-electron chi connectivity index (χ3n) is 5.00. The number of rotatable bonds is 3. The summed E-state index contributed by atoms with van der Waals surface area (Å²) in [4.78, 5) is 21.3. The molecular formula is C18H21N3OS. The number of aryl methyl sites for hydroxylation is 1. The van der Waals surface area contributed by atoms with Gasteiger partial charge in [-0.25, -0.2) is 4.98 Å². The average Bonchev–Trinajstić information content (AvgIpc) is 3.25. The number of piperazine rings is 1. The first kappa shape index (κ1) is 14.7. The lowest BCUT2D eigenvalue weighted by Gasteiger charge is -2.35. The van der Waals surface area contributed by atoms with Crippen LogP contribution in [0, 0.1) is 0 Å². The van der Waals surface area contributed by atoms with Gasteiger partial charge in [0.05, 0.1) is 0 Å². The van der Waals surface area contributed by atoms with Crippen molar-refractivity contribution in [2.24, 2.45) is 0 Å². The molecule has 0 saturated carbocycles. The average molecular weight is 327 g/mol. The van der Waals surface area contributed by atoms with Crippen LogP contribution in [0.15, 0.2) is 35.8 Å². The molecule has 2 aliphatic rings. The largest absolute Gasteiger partial charge is 0.345 e. The van der Waals surface area contributed by atoms with E-state index in [1.54, 1.807) is 11.3 Å². The molecule has 1 saturated heterocycles. The zero-order valence-corrected chi connectivity index (χ0v) is 14.0. The smallest absolute Gasteiger partial charge is 0.223 e. The maximum Gasteiger partial charge on any atom is 0.223 e. The standard InChI is InChI=1S/C18H21N3OS/c22-17(13-15-6-5-14-3-1-2-4-16(14)15)20-8-10-21(11-9-20)18-19-7-12-23-18/h1-4,7,12,15H,5-6,8-11,13H2. The van der Waals surface area contributed by atoms with E-state index in [2.05, 4.69) is 34.1 Å². The predicted octanol–water partition coefficient (Wildman–Crippen LogP) is 2.91.